The molecule has 3 nitrogen and oxygen atoms in total. The first-order chi connectivity index (χ1) is 8.13. The van der Waals surface area contributed by atoms with Gasteiger partial charge in [-0.2, -0.15) is 0 Å². The molecule has 0 fully saturated rings. The third-order valence-corrected chi connectivity index (χ3v) is 3.38. The molecule has 0 heterocycles. The number of carboxylic acid groups (broad SMARTS) is 1. The van der Waals surface area contributed by atoms with Gasteiger partial charge in [-0.15, -0.1) is 11.8 Å². The van der Waals surface area contributed by atoms with E-state index in [2.05, 4.69) is 42.8 Å². The van der Waals surface area contributed by atoms with Crippen molar-refractivity contribution in [2.45, 2.75) is 30.7 Å². The second kappa shape index (κ2) is 7.35. The van der Waals surface area contributed by atoms with Crippen LogP contribution in [-0.4, -0.2) is 23.9 Å². The third kappa shape index (κ3) is 5.24. The fourth-order valence-corrected chi connectivity index (χ4v) is 1.98. The highest BCUT2D eigenvalue weighted by Gasteiger charge is 2.04. The van der Waals surface area contributed by atoms with Gasteiger partial charge >= 0.3 is 5.97 Å². The minimum Gasteiger partial charge on any atom is -0.481 e. The van der Waals surface area contributed by atoms with Crippen molar-refractivity contribution in [3.8, 4) is 0 Å². The molecule has 0 saturated carbocycles. The summed E-state index contributed by atoms with van der Waals surface area (Å²) in [6.07, 6.45) is 2.95. The number of benzene rings is 1. The van der Waals surface area contributed by atoms with E-state index < -0.39 is 5.97 Å². The zero-order valence-electron chi connectivity index (χ0n) is 10.3. The number of hydrogen-bond acceptors (Lipinski definition) is 3. The summed E-state index contributed by atoms with van der Waals surface area (Å²) in [5.41, 5.74) is 1.23. The summed E-state index contributed by atoms with van der Waals surface area (Å²) in [6, 6.07) is 8.70. The molecule has 0 aromatic heterocycles. The van der Waals surface area contributed by atoms with Crippen LogP contribution in [0.3, 0.4) is 0 Å². The van der Waals surface area contributed by atoms with E-state index in [0.29, 0.717) is 6.42 Å². The molecule has 0 amide bonds. The van der Waals surface area contributed by atoms with Crippen molar-refractivity contribution in [3.05, 3.63) is 29.8 Å². The third-order valence-electron chi connectivity index (χ3n) is 2.63. The number of carboxylic acids is 1. The van der Waals surface area contributed by atoms with E-state index in [-0.39, 0.29) is 12.5 Å². The zero-order chi connectivity index (χ0) is 12.7. The van der Waals surface area contributed by atoms with Gasteiger partial charge < -0.3 is 10.4 Å². The second-order valence-corrected chi connectivity index (χ2v) is 4.83. The Morgan fingerprint density at radius 1 is 1.41 bits per heavy atom. The van der Waals surface area contributed by atoms with Gasteiger partial charge in [-0.3, -0.25) is 4.79 Å². The van der Waals surface area contributed by atoms with E-state index in [1.165, 1.54) is 10.5 Å². The highest BCUT2D eigenvalue weighted by atomic mass is 32.2. The maximum Gasteiger partial charge on any atom is 0.303 e. The molecule has 0 spiro atoms. The van der Waals surface area contributed by atoms with Crippen LogP contribution in [0.4, 0.5) is 0 Å². The molecule has 1 unspecified atom stereocenters. The van der Waals surface area contributed by atoms with Crippen LogP contribution >= 0.6 is 11.8 Å². The summed E-state index contributed by atoms with van der Waals surface area (Å²) in [5.74, 6) is -0.733. The lowest BCUT2D eigenvalue weighted by molar-refractivity contribution is -0.137. The Hall–Kier alpha value is -1.00. The Morgan fingerprint density at radius 2 is 2.06 bits per heavy atom. The van der Waals surface area contributed by atoms with Crippen molar-refractivity contribution < 1.29 is 9.90 Å². The molecule has 0 radical (unpaired) electrons. The van der Waals surface area contributed by atoms with Gasteiger partial charge in [0, 0.05) is 17.4 Å². The lowest BCUT2D eigenvalue weighted by Crippen LogP contribution is -2.20. The summed E-state index contributed by atoms with van der Waals surface area (Å²) in [7, 11) is 0. The van der Waals surface area contributed by atoms with Crippen LogP contribution < -0.4 is 5.32 Å². The van der Waals surface area contributed by atoms with Gasteiger partial charge in [0.05, 0.1) is 0 Å². The van der Waals surface area contributed by atoms with Crippen LogP contribution in [0.25, 0.3) is 0 Å². The highest BCUT2D eigenvalue weighted by Crippen LogP contribution is 2.18. The summed E-state index contributed by atoms with van der Waals surface area (Å²) in [6.45, 7) is 2.83. The first kappa shape index (κ1) is 14.1. The van der Waals surface area contributed by atoms with Crippen molar-refractivity contribution in [1.82, 2.24) is 5.32 Å². The maximum absolute atomic E-state index is 10.4. The molecule has 0 saturated heterocycles. The Balaban J connectivity index is 2.35. The van der Waals surface area contributed by atoms with Crippen LogP contribution in [-0.2, 0) is 4.79 Å². The van der Waals surface area contributed by atoms with Gasteiger partial charge in [-0.1, -0.05) is 12.1 Å². The zero-order valence-corrected chi connectivity index (χ0v) is 11.1. The predicted molar refractivity (Wildman–Crippen MR) is 71.5 cm³/mol. The van der Waals surface area contributed by atoms with Crippen LogP contribution in [0.2, 0.25) is 0 Å². The van der Waals surface area contributed by atoms with E-state index in [4.69, 9.17) is 5.11 Å². The summed E-state index contributed by atoms with van der Waals surface area (Å²) >= 11 is 1.73. The van der Waals surface area contributed by atoms with E-state index in [1.807, 2.05) is 0 Å². The van der Waals surface area contributed by atoms with Crippen molar-refractivity contribution >= 4 is 17.7 Å². The van der Waals surface area contributed by atoms with Crippen molar-refractivity contribution in [2.75, 3.05) is 12.8 Å². The largest absolute Gasteiger partial charge is 0.481 e. The number of nitrogens with one attached hydrogen (secondary N) is 1. The molecule has 1 aromatic carbocycles. The molecule has 0 aliphatic rings. The normalized spacial score (nSPS) is 12.4. The summed E-state index contributed by atoms with van der Waals surface area (Å²) in [5, 5.41) is 11.8. The molecule has 4 heteroatoms. The van der Waals surface area contributed by atoms with E-state index >= 15 is 0 Å². The number of carbonyl (C=O) groups is 1. The standard InChI is InChI=1S/C13H19NO2S/c1-10(14-9-3-4-13(15)16)11-5-7-12(17-2)8-6-11/h5-8,10,14H,3-4,9H2,1-2H3,(H,15,16). The Kier molecular flexibility index (Phi) is 6.08. The molecule has 94 valence electrons. The fourth-order valence-electron chi connectivity index (χ4n) is 1.57. The molecule has 1 rings (SSSR count). The summed E-state index contributed by atoms with van der Waals surface area (Å²) < 4.78 is 0. The van der Waals surface area contributed by atoms with Crippen molar-refractivity contribution in [1.29, 1.82) is 0 Å². The molecular weight excluding hydrogens is 234 g/mol. The van der Waals surface area contributed by atoms with Crippen LogP contribution in [0.15, 0.2) is 29.2 Å². The molecular formula is C13H19NO2S. The lowest BCUT2D eigenvalue weighted by Gasteiger charge is -2.14. The van der Waals surface area contributed by atoms with Crippen molar-refractivity contribution in [2.24, 2.45) is 0 Å². The smallest absolute Gasteiger partial charge is 0.303 e. The van der Waals surface area contributed by atoms with Crippen LogP contribution in [0.5, 0.6) is 0 Å². The molecule has 0 aliphatic carbocycles. The van der Waals surface area contributed by atoms with E-state index in [9.17, 15) is 4.79 Å². The van der Waals surface area contributed by atoms with Crippen LogP contribution in [0.1, 0.15) is 31.4 Å². The van der Waals surface area contributed by atoms with Crippen molar-refractivity contribution in [3.63, 3.8) is 0 Å². The molecule has 1 atom stereocenters. The van der Waals surface area contributed by atoms with E-state index in [1.54, 1.807) is 11.8 Å². The fraction of sp³-hybridized carbons (Fsp3) is 0.462. The summed E-state index contributed by atoms with van der Waals surface area (Å²) in [4.78, 5) is 11.6. The first-order valence-electron chi connectivity index (χ1n) is 5.72. The van der Waals surface area contributed by atoms with Gasteiger partial charge in [0.2, 0.25) is 0 Å². The highest BCUT2D eigenvalue weighted by molar-refractivity contribution is 7.98. The SMILES string of the molecule is CSc1ccc(C(C)NCCCC(=O)O)cc1. The lowest BCUT2D eigenvalue weighted by atomic mass is 10.1. The molecule has 0 bridgehead atoms. The van der Waals surface area contributed by atoms with Gasteiger partial charge in [-0.25, -0.2) is 0 Å². The van der Waals surface area contributed by atoms with Crippen LogP contribution in [0, 0.1) is 0 Å². The van der Waals surface area contributed by atoms with Gasteiger partial charge in [-0.05, 0) is 43.8 Å². The number of thioether (sulfide) groups is 1. The molecule has 17 heavy (non-hydrogen) atoms. The number of rotatable bonds is 7. The predicted octanol–water partition coefficient (Wildman–Crippen LogP) is 2.92. The Bertz CT molecular complexity index is 351. The van der Waals surface area contributed by atoms with Gasteiger partial charge in [0.25, 0.3) is 0 Å². The van der Waals surface area contributed by atoms with Gasteiger partial charge in [0.1, 0.15) is 0 Å². The quantitative estimate of drug-likeness (QED) is 0.579. The molecule has 2 N–H and O–H groups in total. The second-order valence-electron chi connectivity index (χ2n) is 3.95. The minimum atomic E-state index is -0.733. The number of hydrogen-bond donors (Lipinski definition) is 2. The van der Waals surface area contributed by atoms with Gasteiger partial charge in [0.15, 0.2) is 0 Å². The number of aliphatic carboxylic acids is 1. The molecule has 0 aliphatic heterocycles. The Labute approximate surface area is 107 Å². The topological polar surface area (TPSA) is 49.3 Å². The minimum absolute atomic E-state index is 0.227. The first-order valence-corrected chi connectivity index (χ1v) is 6.95. The Morgan fingerprint density at radius 3 is 2.59 bits per heavy atom. The maximum atomic E-state index is 10.4. The molecule has 1 aromatic rings. The van der Waals surface area contributed by atoms with E-state index in [0.717, 1.165) is 6.54 Å². The average Bonchev–Trinajstić information content (AvgIpc) is 2.34. The monoisotopic (exact) mass is 253 g/mol. The average molecular weight is 253 g/mol.